The van der Waals surface area contributed by atoms with Crippen molar-refractivity contribution >= 4 is 0 Å². The molecule has 1 aliphatic rings. The van der Waals surface area contributed by atoms with Crippen LogP contribution < -0.4 is 0 Å². The van der Waals surface area contributed by atoms with Crippen LogP contribution in [0.3, 0.4) is 0 Å². The summed E-state index contributed by atoms with van der Waals surface area (Å²) in [5, 5.41) is 0. The molecule has 0 aromatic heterocycles. The summed E-state index contributed by atoms with van der Waals surface area (Å²) in [6.45, 7) is 6.49. The van der Waals surface area contributed by atoms with Gasteiger partial charge in [-0.15, -0.1) is 0 Å². The van der Waals surface area contributed by atoms with Crippen LogP contribution in [-0.4, -0.2) is 18.1 Å². The lowest BCUT2D eigenvalue weighted by Crippen LogP contribution is -2.28. The second kappa shape index (κ2) is 1.75. The van der Waals surface area contributed by atoms with Crippen molar-refractivity contribution in [2.75, 3.05) is 13.6 Å². The van der Waals surface area contributed by atoms with E-state index in [1.165, 1.54) is 0 Å². The number of rotatable bonds is 1. The van der Waals surface area contributed by atoms with Crippen LogP contribution in [0.5, 0.6) is 0 Å². The summed E-state index contributed by atoms with van der Waals surface area (Å²) in [7, 11) is 2.09. The average Bonchev–Trinajstić information content (AvgIpc) is 2.17. The van der Waals surface area contributed by atoms with E-state index in [-0.39, 0.29) is 0 Å². The Balaban J connectivity index is 2.67. The minimum absolute atomic E-state index is 0.792. The van der Waals surface area contributed by atoms with Crippen LogP contribution in [0.1, 0.15) is 6.42 Å². The minimum atomic E-state index is 0.792. The minimum Gasteiger partial charge on any atom is -0.273 e. The molecule has 0 saturated heterocycles. The van der Waals surface area contributed by atoms with E-state index in [1.54, 1.807) is 6.20 Å². The molecule has 1 atom stereocenters. The largest absolute Gasteiger partial charge is 0.273 e. The fourth-order valence-corrected chi connectivity index (χ4v) is 0.867. The summed E-state index contributed by atoms with van der Waals surface area (Å²) >= 11 is 0. The van der Waals surface area contributed by atoms with Crippen LogP contribution in [-0.2, 0) is 0 Å². The van der Waals surface area contributed by atoms with Crippen LogP contribution in [0, 0.1) is 6.58 Å². The van der Waals surface area contributed by atoms with Gasteiger partial charge in [0, 0.05) is 6.42 Å². The van der Waals surface area contributed by atoms with Crippen molar-refractivity contribution in [1.82, 2.24) is 0 Å². The molecule has 0 N–H and O–H groups in total. The Morgan fingerprint density at radius 2 is 2.50 bits per heavy atom. The van der Waals surface area contributed by atoms with Crippen LogP contribution in [0.25, 0.3) is 0 Å². The molecule has 1 aliphatic heterocycles. The predicted molar refractivity (Wildman–Crippen MR) is 33.7 cm³/mol. The zero-order valence-corrected chi connectivity index (χ0v) is 5.17. The molecule has 0 bridgehead atoms. The van der Waals surface area contributed by atoms with Gasteiger partial charge < -0.3 is 0 Å². The van der Waals surface area contributed by atoms with Gasteiger partial charge >= 0.3 is 0 Å². The normalized spacial score (nSPS) is 35.6. The van der Waals surface area contributed by atoms with Gasteiger partial charge in [0.25, 0.3) is 0 Å². The van der Waals surface area contributed by atoms with E-state index in [1.807, 2.05) is 0 Å². The van der Waals surface area contributed by atoms with Crippen molar-refractivity contribution in [2.45, 2.75) is 6.42 Å². The molecule has 0 aliphatic carbocycles. The van der Waals surface area contributed by atoms with Gasteiger partial charge in [0.05, 0.1) is 19.8 Å². The summed E-state index contributed by atoms with van der Waals surface area (Å²) in [6.07, 6.45) is 7.14. The number of quaternary nitrogens is 1. The summed E-state index contributed by atoms with van der Waals surface area (Å²) in [5.41, 5.74) is 0. The molecule has 1 nitrogen and oxygen atoms in total. The molecule has 1 unspecified atom stereocenters. The SMILES string of the molecule is [CH]=C[N+]1(C)C=CCC1. The molecule has 1 rings (SSSR count). The molecule has 1 heterocycles. The third-order valence-electron chi connectivity index (χ3n) is 1.56. The van der Waals surface area contributed by atoms with E-state index in [2.05, 4.69) is 19.3 Å². The number of hydrogen-bond donors (Lipinski definition) is 0. The van der Waals surface area contributed by atoms with E-state index < -0.39 is 0 Å². The molecule has 0 aromatic rings. The molecule has 1 heteroatoms. The van der Waals surface area contributed by atoms with E-state index in [0.717, 1.165) is 17.4 Å². The molecule has 0 amide bonds. The van der Waals surface area contributed by atoms with Crippen LogP contribution in [0.2, 0.25) is 0 Å². The maximum Gasteiger partial charge on any atom is 0.100 e. The molecular formula is C7H11N+. The molecule has 0 aromatic carbocycles. The predicted octanol–water partition coefficient (Wildman–Crippen LogP) is 1.30. The highest BCUT2D eigenvalue weighted by molar-refractivity contribution is 4.83. The summed E-state index contributed by atoms with van der Waals surface area (Å²) in [6, 6.07) is 0. The molecule has 8 heavy (non-hydrogen) atoms. The van der Waals surface area contributed by atoms with Gasteiger partial charge in [0.2, 0.25) is 0 Å². The van der Waals surface area contributed by atoms with E-state index in [0.29, 0.717) is 0 Å². The first-order chi connectivity index (χ1) is 3.77. The molecule has 0 saturated carbocycles. The first-order valence-electron chi connectivity index (χ1n) is 2.85. The molecular weight excluding hydrogens is 98.1 g/mol. The van der Waals surface area contributed by atoms with E-state index in [4.69, 9.17) is 6.58 Å². The van der Waals surface area contributed by atoms with Crippen molar-refractivity contribution in [1.29, 1.82) is 0 Å². The zero-order chi connectivity index (χ0) is 6.04. The fraction of sp³-hybridized carbons (Fsp3) is 0.429. The van der Waals surface area contributed by atoms with Gasteiger partial charge in [0.1, 0.15) is 6.20 Å². The first kappa shape index (κ1) is 5.57. The van der Waals surface area contributed by atoms with E-state index in [9.17, 15) is 0 Å². The Morgan fingerprint density at radius 1 is 1.75 bits per heavy atom. The van der Waals surface area contributed by atoms with Crippen molar-refractivity contribution in [3.63, 3.8) is 0 Å². The highest BCUT2D eigenvalue weighted by Crippen LogP contribution is 2.12. The van der Waals surface area contributed by atoms with Crippen molar-refractivity contribution in [3.05, 3.63) is 25.1 Å². The summed E-state index contributed by atoms with van der Waals surface area (Å²) < 4.78 is 0.792. The Morgan fingerprint density at radius 3 is 2.75 bits per heavy atom. The smallest absolute Gasteiger partial charge is 0.100 e. The monoisotopic (exact) mass is 109 g/mol. The lowest BCUT2D eigenvalue weighted by Gasteiger charge is -2.19. The molecule has 0 fully saturated rings. The van der Waals surface area contributed by atoms with Gasteiger partial charge in [-0.2, -0.15) is 0 Å². The van der Waals surface area contributed by atoms with Gasteiger partial charge in [-0.3, -0.25) is 4.48 Å². The molecule has 0 spiro atoms. The first-order valence-corrected chi connectivity index (χ1v) is 2.85. The van der Waals surface area contributed by atoms with Crippen LogP contribution in [0.4, 0.5) is 0 Å². The second-order valence-corrected chi connectivity index (χ2v) is 2.39. The maximum atomic E-state index is 5.36. The molecule has 43 valence electrons. The van der Waals surface area contributed by atoms with Gasteiger partial charge in [-0.25, -0.2) is 0 Å². The fourth-order valence-electron chi connectivity index (χ4n) is 0.867. The van der Waals surface area contributed by atoms with Crippen molar-refractivity contribution in [3.8, 4) is 0 Å². The Hall–Kier alpha value is -0.560. The zero-order valence-electron chi connectivity index (χ0n) is 5.17. The van der Waals surface area contributed by atoms with Gasteiger partial charge in [-0.1, -0.05) is 0 Å². The number of nitrogens with zero attached hydrogens (tertiary/aromatic N) is 1. The van der Waals surface area contributed by atoms with Gasteiger partial charge in [-0.05, 0) is 12.7 Å². The maximum absolute atomic E-state index is 5.36. The quantitative estimate of drug-likeness (QED) is 0.445. The average molecular weight is 109 g/mol. The Kier molecular flexibility index (Phi) is 1.22. The number of hydrogen-bond acceptors (Lipinski definition) is 0. The highest BCUT2D eigenvalue weighted by atomic mass is 15.3. The Labute approximate surface area is 50.5 Å². The second-order valence-electron chi connectivity index (χ2n) is 2.39. The van der Waals surface area contributed by atoms with Crippen LogP contribution in [0.15, 0.2) is 18.5 Å². The summed E-state index contributed by atoms with van der Waals surface area (Å²) in [4.78, 5) is 0. The standard InChI is InChI=1S/C7H11N/c1-3-8(2)6-4-5-7-8/h1,3-4,6H,5,7H2,2H3/q+1. The van der Waals surface area contributed by atoms with E-state index >= 15 is 0 Å². The third kappa shape index (κ3) is 0.819. The topological polar surface area (TPSA) is 0 Å². The van der Waals surface area contributed by atoms with Crippen molar-refractivity contribution in [2.24, 2.45) is 0 Å². The lowest BCUT2D eigenvalue weighted by atomic mass is 10.5. The third-order valence-corrected chi connectivity index (χ3v) is 1.56. The Bertz CT molecular complexity index is 126. The van der Waals surface area contributed by atoms with Gasteiger partial charge in [0.15, 0.2) is 0 Å². The summed E-state index contributed by atoms with van der Waals surface area (Å²) in [5.74, 6) is 0. The molecule has 1 radical (unpaired) electrons. The highest BCUT2D eigenvalue weighted by Gasteiger charge is 2.16. The van der Waals surface area contributed by atoms with Crippen LogP contribution >= 0.6 is 0 Å². The lowest BCUT2D eigenvalue weighted by molar-refractivity contribution is -0.800. The van der Waals surface area contributed by atoms with Crippen molar-refractivity contribution < 1.29 is 4.48 Å².